The van der Waals surface area contributed by atoms with E-state index in [2.05, 4.69) is 5.32 Å². The molecule has 0 aromatic carbocycles. The molecule has 5 atom stereocenters. The number of piperidine rings is 1. The molecule has 3 rings (SSSR count). The van der Waals surface area contributed by atoms with Crippen molar-refractivity contribution in [2.24, 2.45) is 11.8 Å². The normalized spacial score (nSPS) is 32.2. The van der Waals surface area contributed by atoms with Gasteiger partial charge in [0.15, 0.2) is 0 Å². The number of nitrogens with zero attached hydrogens (tertiary/aromatic N) is 1. The molecule has 1 aliphatic carbocycles. The van der Waals surface area contributed by atoms with Crippen LogP contribution < -0.4 is 5.32 Å². The van der Waals surface area contributed by atoms with E-state index in [1.54, 1.807) is 20.8 Å². The van der Waals surface area contributed by atoms with Crippen LogP contribution in [0.3, 0.4) is 0 Å². The number of rotatable bonds is 2. The molecule has 0 aromatic rings. The van der Waals surface area contributed by atoms with Crippen LogP contribution in [0.15, 0.2) is 0 Å². The van der Waals surface area contributed by atoms with Crippen LogP contribution in [0.25, 0.3) is 0 Å². The highest BCUT2D eigenvalue weighted by Crippen LogP contribution is 2.38. The molecule has 2 saturated heterocycles. The lowest BCUT2D eigenvalue weighted by Gasteiger charge is -2.42. The summed E-state index contributed by atoms with van der Waals surface area (Å²) in [6.07, 6.45) is -6.91. The highest BCUT2D eigenvalue weighted by atomic mass is 19.4. The van der Waals surface area contributed by atoms with Gasteiger partial charge in [-0.05, 0) is 45.4 Å². The number of alkyl halides is 3. The van der Waals surface area contributed by atoms with Gasteiger partial charge in [-0.25, -0.2) is 4.79 Å². The zero-order valence-corrected chi connectivity index (χ0v) is 15.5. The first-order valence-corrected chi connectivity index (χ1v) is 8.80. The van der Waals surface area contributed by atoms with Crippen molar-refractivity contribution in [1.82, 2.24) is 10.2 Å². The van der Waals surface area contributed by atoms with Gasteiger partial charge < -0.3 is 20.1 Å². The molecule has 150 valence electrons. The maximum Gasteiger partial charge on any atom is 0.407 e. The van der Waals surface area contributed by atoms with Crippen LogP contribution in [0.1, 0.15) is 47.0 Å². The Hall–Kier alpha value is -1.51. The summed E-state index contributed by atoms with van der Waals surface area (Å²) in [5, 5.41) is 13.3. The van der Waals surface area contributed by atoms with E-state index in [4.69, 9.17) is 4.74 Å². The van der Waals surface area contributed by atoms with Crippen LogP contribution >= 0.6 is 0 Å². The topological polar surface area (TPSA) is 78.9 Å². The van der Waals surface area contributed by atoms with Crippen LogP contribution in [-0.2, 0) is 9.53 Å². The predicted octanol–water partition coefficient (Wildman–Crippen LogP) is 2.45. The summed E-state index contributed by atoms with van der Waals surface area (Å²) >= 11 is 0. The number of fused-ring (bicyclic) bond motifs is 4. The summed E-state index contributed by atoms with van der Waals surface area (Å²) < 4.78 is 43.1. The summed E-state index contributed by atoms with van der Waals surface area (Å²) in [7, 11) is 0. The second kappa shape index (κ2) is 7.25. The largest absolute Gasteiger partial charge is 0.444 e. The fourth-order valence-electron chi connectivity index (χ4n) is 4.02. The van der Waals surface area contributed by atoms with Gasteiger partial charge in [-0.15, -0.1) is 0 Å². The van der Waals surface area contributed by atoms with Crippen LogP contribution in [0.5, 0.6) is 0 Å². The maximum atomic E-state index is 12.6. The Morgan fingerprint density at radius 3 is 2.38 bits per heavy atom. The Morgan fingerprint density at radius 2 is 1.85 bits per heavy atom. The number of halogens is 3. The van der Waals surface area contributed by atoms with Gasteiger partial charge >= 0.3 is 12.3 Å². The molecule has 0 spiro atoms. The lowest BCUT2D eigenvalue weighted by atomic mass is 9.85. The molecule has 6 nitrogen and oxygen atoms in total. The molecule has 0 aromatic heterocycles. The van der Waals surface area contributed by atoms with E-state index in [0.29, 0.717) is 12.8 Å². The maximum absolute atomic E-state index is 12.6. The van der Waals surface area contributed by atoms with E-state index in [1.807, 2.05) is 6.92 Å². The molecule has 0 radical (unpaired) electrons. The molecule has 2 N–H and O–H groups in total. The predicted molar refractivity (Wildman–Crippen MR) is 87.2 cm³/mol. The van der Waals surface area contributed by atoms with Gasteiger partial charge in [-0.1, -0.05) is 6.92 Å². The molecule has 3 fully saturated rings. The highest BCUT2D eigenvalue weighted by Gasteiger charge is 2.49. The van der Waals surface area contributed by atoms with Gasteiger partial charge in [0, 0.05) is 6.54 Å². The average Bonchev–Trinajstić information content (AvgIpc) is 2.59. The van der Waals surface area contributed by atoms with E-state index in [0.717, 1.165) is 4.90 Å². The lowest BCUT2D eigenvalue weighted by Crippen LogP contribution is -2.57. The van der Waals surface area contributed by atoms with Crippen molar-refractivity contribution in [3.05, 3.63) is 0 Å². The molecular formula is C17H27F3N2O4. The summed E-state index contributed by atoms with van der Waals surface area (Å²) in [5.74, 6) is -1.28. The van der Waals surface area contributed by atoms with Gasteiger partial charge in [-0.3, -0.25) is 4.79 Å². The Balaban J connectivity index is 2.14. The first kappa shape index (κ1) is 20.8. The number of carbonyl (C=O) groups excluding carboxylic acids is 2. The van der Waals surface area contributed by atoms with Crippen molar-refractivity contribution in [2.75, 3.05) is 6.54 Å². The SMILES string of the molecule is C[C@@H]1CC2C[C@H](NC(=O)OC(C)(C)C)[C@H](O)C1N(C(=O)CC(F)(F)F)C2. The van der Waals surface area contributed by atoms with Crippen LogP contribution in [0, 0.1) is 11.8 Å². The molecule has 2 unspecified atom stereocenters. The van der Waals surface area contributed by atoms with Gasteiger partial charge in [0.25, 0.3) is 0 Å². The number of ether oxygens (including phenoxy) is 1. The van der Waals surface area contributed by atoms with E-state index >= 15 is 0 Å². The van der Waals surface area contributed by atoms with Crippen LogP contribution in [0.2, 0.25) is 0 Å². The summed E-state index contributed by atoms with van der Waals surface area (Å²) in [4.78, 5) is 25.3. The molecular weight excluding hydrogens is 353 g/mol. The molecule has 2 amide bonds. The quantitative estimate of drug-likeness (QED) is 0.771. The molecule has 3 aliphatic rings. The third-order valence-corrected chi connectivity index (χ3v) is 4.83. The summed E-state index contributed by atoms with van der Waals surface area (Å²) in [6.45, 7) is 7.09. The molecule has 2 aliphatic heterocycles. The number of alkyl carbamates (subject to hydrolysis) is 1. The van der Waals surface area contributed by atoms with E-state index < -0.39 is 48.4 Å². The van der Waals surface area contributed by atoms with E-state index in [1.165, 1.54) is 0 Å². The highest BCUT2D eigenvalue weighted by molar-refractivity contribution is 5.77. The third-order valence-electron chi connectivity index (χ3n) is 4.83. The van der Waals surface area contributed by atoms with Crippen molar-refractivity contribution in [2.45, 2.75) is 76.9 Å². The minimum absolute atomic E-state index is 0.0875. The van der Waals surface area contributed by atoms with Crippen molar-refractivity contribution >= 4 is 12.0 Å². The van der Waals surface area contributed by atoms with E-state index in [9.17, 15) is 27.9 Å². The standard InChI is InChI=1S/C17H27F3N2O4/c1-9-5-10-6-11(21-15(25)26-16(2,3)4)14(24)13(9)22(8-10)12(23)7-17(18,19)20/h9-11,13-14,24H,5-8H2,1-4H3,(H,21,25)/t9-,10?,11+,13?,14+/m1/s1. The zero-order valence-electron chi connectivity index (χ0n) is 15.5. The molecule has 9 heteroatoms. The minimum Gasteiger partial charge on any atom is -0.444 e. The van der Waals surface area contributed by atoms with Gasteiger partial charge in [0.2, 0.25) is 5.91 Å². The second-order valence-electron chi connectivity index (χ2n) is 8.39. The Kier molecular flexibility index (Phi) is 5.80. The lowest BCUT2D eigenvalue weighted by molar-refractivity contribution is -0.167. The minimum atomic E-state index is -4.59. The fraction of sp³-hybridized carbons (Fsp3) is 0.882. The first-order chi connectivity index (χ1) is 11.8. The number of hydrogen-bond donors (Lipinski definition) is 2. The van der Waals surface area contributed by atoms with Crippen LogP contribution in [-0.4, -0.2) is 58.5 Å². The van der Waals surface area contributed by atoms with Crippen LogP contribution in [0.4, 0.5) is 18.0 Å². The number of nitrogens with one attached hydrogen (secondary N) is 1. The Morgan fingerprint density at radius 1 is 1.23 bits per heavy atom. The second-order valence-corrected chi connectivity index (χ2v) is 8.39. The Bertz CT molecular complexity index is 547. The van der Waals surface area contributed by atoms with Crippen molar-refractivity contribution in [3.63, 3.8) is 0 Å². The smallest absolute Gasteiger partial charge is 0.407 e. The van der Waals surface area contributed by atoms with Crippen molar-refractivity contribution in [1.29, 1.82) is 0 Å². The fourth-order valence-corrected chi connectivity index (χ4v) is 4.02. The van der Waals surface area contributed by atoms with Crippen molar-refractivity contribution < 1.29 is 32.6 Å². The number of aliphatic hydroxyl groups excluding tert-OH is 1. The van der Waals surface area contributed by atoms with Gasteiger partial charge in [0.05, 0.1) is 18.2 Å². The third kappa shape index (κ3) is 5.25. The molecule has 2 bridgehead atoms. The molecule has 26 heavy (non-hydrogen) atoms. The number of carbonyl (C=O) groups is 2. The number of amides is 2. The zero-order chi connectivity index (χ0) is 19.9. The summed E-state index contributed by atoms with van der Waals surface area (Å²) in [5.41, 5.74) is -0.708. The average molecular weight is 380 g/mol. The number of hydrogen-bond acceptors (Lipinski definition) is 4. The van der Waals surface area contributed by atoms with E-state index in [-0.39, 0.29) is 18.4 Å². The first-order valence-electron chi connectivity index (χ1n) is 8.80. The van der Waals surface area contributed by atoms with Gasteiger partial charge in [0.1, 0.15) is 12.0 Å². The number of aliphatic hydroxyl groups is 1. The monoisotopic (exact) mass is 380 g/mol. The molecule has 1 saturated carbocycles. The summed E-state index contributed by atoms with van der Waals surface area (Å²) in [6, 6.07) is -1.43. The van der Waals surface area contributed by atoms with Gasteiger partial charge in [-0.2, -0.15) is 13.2 Å². The molecule has 2 heterocycles. The van der Waals surface area contributed by atoms with Crippen molar-refractivity contribution in [3.8, 4) is 0 Å². The Labute approximate surface area is 151 Å².